The van der Waals surface area contributed by atoms with Crippen molar-refractivity contribution in [2.45, 2.75) is 25.3 Å². The van der Waals surface area contributed by atoms with Crippen LogP contribution in [0.1, 0.15) is 41.2 Å². The topological polar surface area (TPSA) is 51.0 Å². The Balaban J connectivity index is 1.58. The number of aryl methyl sites for hydroxylation is 1. The predicted molar refractivity (Wildman–Crippen MR) is 101 cm³/mol. The van der Waals surface area contributed by atoms with Crippen LogP contribution >= 0.6 is 0 Å². The van der Waals surface area contributed by atoms with Crippen LogP contribution in [0.4, 0.5) is 0 Å². The minimum absolute atomic E-state index is 0.0927. The lowest BCUT2D eigenvalue weighted by Gasteiger charge is -2.36. The van der Waals surface area contributed by atoms with E-state index < -0.39 is 0 Å². The van der Waals surface area contributed by atoms with Crippen molar-refractivity contribution >= 4 is 5.91 Å². The average Bonchev–Trinajstić information content (AvgIpc) is 3.14. The van der Waals surface area contributed by atoms with Gasteiger partial charge in [-0.05, 0) is 48.6 Å². The van der Waals surface area contributed by atoms with E-state index in [-0.39, 0.29) is 11.9 Å². The number of pyridine rings is 1. The number of aromatic nitrogens is 3. The van der Waals surface area contributed by atoms with Gasteiger partial charge in [-0.3, -0.25) is 9.78 Å². The zero-order valence-corrected chi connectivity index (χ0v) is 14.9. The van der Waals surface area contributed by atoms with Crippen molar-refractivity contribution < 1.29 is 4.79 Å². The summed E-state index contributed by atoms with van der Waals surface area (Å²) in [5.41, 5.74) is 3.94. The Morgan fingerprint density at radius 2 is 1.92 bits per heavy atom. The number of nitrogens with zero attached hydrogens (tertiary/aromatic N) is 4. The summed E-state index contributed by atoms with van der Waals surface area (Å²) >= 11 is 0. The molecule has 0 spiro atoms. The predicted octanol–water partition coefficient (Wildman–Crippen LogP) is 3.85. The Labute approximate surface area is 153 Å². The summed E-state index contributed by atoms with van der Waals surface area (Å²) in [6.45, 7) is 0.794. The zero-order valence-electron chi connectivity index (χ0n) is 14.9. The third kappa shape index (κ3) is 3.12. The molecule has 1 atom stereocenters. The van der Waals surface area contributed by atoms with Gasteiger partial charge in [-0.25, -0.2) is 4.98 Å². The monoisotopic (exact) mass is 346 g/mol. The van der Waals surface area contributed by atoms with Crippen LogP contribution in [0, 0.1) is 0 Å². The first kappa shape index (κ1) is 16.5. The van der Waals surface area contributed by atoms with Gasteiger partial charge in [0.1, 0.15) is 0 Å². The highest BCUT2D eigenvalue weighted by atomic mass is 16.2. The molecular formula is C21H22N4O. The lowest BCUT2D eigenvalue weighted by molar-refractivity contribution is 0.0611. The van der Waals surface area contributed by atoms with Crippen LogP contribution in [0.15, 0.2) is 61.3 Å². The summed E-state index contributed by atoms with van der Waals surface area (Å²) in [4.78, 5) is 23.5. The van der Waals surface area contributed by atoms with E-state index in [1.807, 2.05) is 59.2 Å². The van der Waals surface area contributed by atoms with Gasteiger partial charge >= 0.3 is 0 Å². The summed E-state index contributed by atoms with van der Waals surface area (Å²) in [7, 11) is 1.97. The first-order valence-electron chi connectivity index (χ1n) is 9.01. The maximum absolute atomic E-state index is 13.1. The first-order valence-corrected chi connectivity index (χ1v) is 9.01. The van der Waals surface area contributed by atoms with Crippen molar-refractivity contribution in [3.8, 4) is 11.3 Å². The lowest BCUT2D eigenvalue weighted by Crippen LogP contribution is -2.38. The van der Waals surface area contributed by atoms with Crippen molar-refractivity contribution in [1.82, 2.24) is 19.4 Å². The third-order valence-corrected chi connectivity index (χ3v) is 5.08. The van der Waals surface area contributed by atoms with Gasteiger partial charge in [-0.15, -0.1) is 0 Å². The second kappa shape index (κ2) is 7.12. The highest BCUT2D eigenvalue weighted by Gasteiger charge is 2.28. The van der Waals surface area contributed by atoms with Crippen molar-refractivity contribution in [3.63, 3.8) is 0 Å². The molecule has 1 saturated heterocycles. The number of carbonyl (C=O) groups is 1. The van der Waals surface area contributed by atoms with Crippen LogP contribution in [0.5, 0.6) is 0 Å². The molecule has 0 unspecified atom stereocenters. The molecule has 1 aliphatic rings. The maximum Gasteiger partial charge on any atom is 0.254 e. The fourth-order valence-electron chi connectivity index (χ4n) is 3.68. The molecule has 1 amide bonds. The summed E-state index contributed by atoms with van der Waals surface area (Å²) < 4.78 is 1.97. The van der Waals surface area contributed by atoms with Gasteiger partial charge in [0.25, 0.3) is 5.91 Å². The van der Waals surface area contributed by atoms with E-state index in [4.69, 9.17) is 0 Å². The van der Waals surface area contributed by atoms with Crippen LogP contribution in [0.25, 0.3) is 11.3 Å². The van der Waals surface area contributed by atoms with Crippen LogP contribution in [0.3, 0.4) is 0 Å². The van der Waals surface area contributed by atoms with Crippen LogP contribution in [0.2, 0.25) is 0 Å². The Kier molecular flexibility index (Phi) is 4.52. The highest BCUT2D eigenvalue weighted by Crippen LogP contribution is 2.32. The molecule has 1 aliphatic heterocycles. The summed E-state index contributed by atoms with van der Waals surface area (Å²) in [6, 6.07) is 11.9. The molecule has 3 heterocycles. The van der Waals surface area contributed by atoms with Gasteiger partial charge < -0.3 is 9.47 Å². The van der Waals surface area contributed by atoms with E-state index in [0.29, 0.717) is 0 Å². The van der Waals surface area contributed by atoms with Gasteiger partial charge in [0.15, 0.2) is 0 Å². The maximum atomic E-state index is 13.1. The average molecular weight is 346 g/mol. The van der Waals surface area contributed by atoms with Crippen molar-refractivity contribution in [2.75, 3.05) is 6.54 Å². The fourth-order valence-corrected chi connectivity index (χ4v) is 3.68. The van der Waals surface area contributed by atoms with Gasteiger partial charge in [0, 0.05) is 31.5 Å². The molecule has 132 valence electrons. The Morgan fingerprint density at radius 1 is 1.08 bits per heavy atom. The molecule has 3 aromatic rings. The zero-order chi connectivity index (χ0) is 17.9. The molecule has 5 nitrogen and oxygen atoms in total. The number of imidazole rings is 1. The smallest absolute Gasteiger partial charge is 0.254 e. The molecular weight excluding hydrogens is 324 g/mol. The third-order valence-electron chi connectivity index (χ3n) is 5.08. The van der Waals surface area contributed by atoms with E-state index in [1.54, 1.807) is 12.5 Å². The van der Waals surface area contributed by atoms with Crippen LogP contribution < -0.4 is 0 Å². The standard InChI is InChI=1S/C21H22N4O/c1-24-15-23-14-20(24)16-7-9-17(10-8-16)21(26)25-12-3-2-6-19(25)18-5-4-11-22-13-18/h4-5,7-11,13-15,19H,2-3,6,12H2,1H3/t19-/m1/s1. The van der Waals surface area contributed by atoms with Crippen molar-refractivity contribution in [3.05, 3.63) is 72.4 Å². The summed E-state index contributed by atoms with van der Waals surface area (Å²) in [5.74, 6) is 0.0927. The number of hydrogen-bond donors (Lipinski definition) is 0. The Bertz CT molecular complexity index is 886. The number of rotatable bonds is 3. The summed E-state index contributed by atoms with van der Waals surface area (Å²) in [5, 5.41) is 0. The molecule has 26 heavy (non-hydrogen) atoms. The van der Waals surface area contributed by atoms with Crippen molar-refractivity contribution in [1.29, 1.82) is 0 Å². The number of amides is 1. The Morgan fingerprint density at radius 3 is 2.62 bits per heavy atom. The molecule has 1 fully saturated rings. The molecule has 0 saturated carbocycles. The quantitative estimate of drug-likeness (QED) is 0.724. The lowest BCUT2D eigenvalue weighted by atomic mass is 9.95. The van der Waals surface area contributed by atoms with E-state index in [1.165, 1.54) is 0 Å². The number of benzene rings is 1. The minimum atomic E-state index is 0.0927. The van der Waals surface area contributed by atoms with E-state index in [0.717, 1.165) is 48.2 Å². The molecule has 1 aromatic carbocycles. The van der Waals surface area contributed by atoms with Crippen LogP contribution in [-0.2, 0) is 7.05 Å². The van der Waals surface area contributed by atoms with E-state index >= 15 is 0 Å². The second-order valence-electron chi connectivity index (χ2n) is 6.76. The molecule has 4 rings (SSSR count). The number of likely N-dealkylation sites (tertiary alicyclic amines) is 1. The number of carbonyl (C=O) groups excluding carboxylic acids is 1. The van der Waals surface area contributed by atoms with E-state index in [2.05, 4.69) is 16.0 Å². The SMILES string of the molecule is Cn1cncc1-c1ccc(C(=O)N2CCCC[C@@H]2c2cccnc2)cc1. The van der Waals surface area contributed by atoms with Gasteiger partial charge in [-0.2, -0.15) is 0 Å². The molecule has 5 heteroatoms. The molecule has 0 radical (unpaired) electrons. The summed E-state index contributed by atoms with van der Waals surface area (Å²) in [6.07, 6.45) is 10.4. The molecule has 0 aliphatic carbocycles. The number of piperidine rings is 1. The molecule has 2 aromatic heterocycles. The van der Waals surface area contributed by atoms with Gasteiger partial charge in [-0.1, -0.05) is 18.2 Å². The normalized spacial score (nSPS) is 17.3. The first-order chi connectivity index (χ1) is 12.7. The van der Waals surface area contributed by atoms with E-state index in [9.17, 15) is 4.79 Å². The molecule has 0 bridgehead atoms. The largest absolute Gasteiger partial charge is 0.334 e. The van der Waals surface area contributed by atoms with Crippen molar-refractivity contribution in [2.24, 2.45) is 7.05 Å². The second-order valence-corrected chi connectivity index (χ2v) is 6.76. The number of hydrogen-bond acceptors (Lipinski definition) is 3. The Hall–Kier alpha value is -2.95. The van der Waals surface area contributed by atoms with Gasteiger partial charge in [0.05, 0.1) is 24.3 Å². The van der Waals surface area contributed by atoms with Crippen LogP contribution in [-0.4, -0.2) is 31.9 Å². The minimum Gasteiger partial charge on any atom is -0.334 e. The highest BCUT2D eigenvalue weighted by molar-refractivity contribution is 5.95. The fraction of sp³-hybridized carbons (Fsp3) is 0.286. The van der Waals surface area contributed by atoms with Gasteiger partial charge in [0.2, 0.25) is 0 Å². The molecule has 0 N–H and O–H groups in total.